The number of hydrogen-bond acceptors (Lipinski definition) is 1. The molecule has 0 aromatic heterocycles. The van der Waals surface area contributed by atoms with E-state index in [4.69, 9.17) is 5.26 Å². The molecular weight excluding hydrogens is 158 g/mol. The fraction of sp³-hybridized carbons (Fsp3) is 0.917. The summed E-state index contributed by atoms with van der Waals surface area (Å²) in [6.45, 7) is 8.54. The average molecular weight is 181 g/mol. The lowest BCUT2D eigenvalue weighted by molar-refractivity contribution is 0.311. The molecule has 0 aliphatic rings. The lowest BCUT2D eigenvalue weighted by Crippen LogP contribution is -2.14. The van der Waals surface area contributed by atoms with Crippen LogP contribution in [0.3, 0.4) is 0 Å². The van der Waals surface area contributed by atoms with E-state index >= 15 is 0 Å². The van der Waals surface area contributed by atoms with Gasteiger partial charge >= 0.3 is 0 Å². The Balaban J connectivity index is 3.91. The summed E-state index contributed by atoms with van der Waals surface area (Å²) in [5.41, 5.74) is -0.131. The number of rotatable bonds is 6. The standard InChI is InChI=1S/C12H23N/c1-5-7-8-11(6-2)9-12(3,4)10-13/h11H,5-9H2,1-4H3/t11-/m0/s1. The minimum Gasteiger partial charge on any atom is -0.198 e. The van der Waals surface area contributed by atoms with Crippen LogP contribution in [0.1, 0.15) is 59.8 Å². The second-order valence-electron chi connectivity index (χ2n) is 4.62. The molecule has 0 amide bonds. The Morgan fingerprint density at radius 3 is 2.31 bits per heavy atom. The van der Waals surface area contributed by atoms with Crippen molar-refractivity contribution in [2.75, 3.05) is 0 Å². The Kier molecular flexibility index (Phi) is 5.79. The highest BCUT2D eigenvalue weighted by molar-refractivity contribution is 4.92. The van der Waals surface area contributed by atoms with Crippen LogP contribution < -0.4 is 0 Å². The summed E-state index contributed by atoms with van der Waals surface area (Å²) in [6.07, 6.45) is 6.13. The van der Waals surface area contributed by atoms with Crippen LogP contribution in [-0.4, -0.2) is 0 Å². The van der Waals surface area contributed by atoms with Crippen molar-refractivity contribution in [1.29, 1.82) is 5.26 Å². The lowest BCUT2D eigenvalue weighted by atomic mass is 9.81. The van der Waals surface area contributed by atoms with Crippen molar-refractivity contribution in [2.24, 2.45) is 11.3 Å². The van der Waals surface area contributed by atoms with Crippen molar-refractivity contribution in [2.45, 2.75) is 59.8 Å². The fourth-order valence-electron chi connectivity index (χ4n) is 1.71. The van der Waals surface area contributed by atoms with Crippen LogP contribution in [-0.2, 0) is 0 Å². The van der Waals surface area contributed by atoms with Gasteiger partial charge in [0.15, 0.2) is 0 Å². The highest BCUT2D eigenvalue weighted by Crippen LogP contribution is 2.29. The third-order valence-electron chi connectivity index (χ3n) is 2.64. The fourth-order valence-corrected chi connectivity index (χ4v) is 1.71. The maximum absolute atomic E-state index is 8.91. The van der Waals surface area contributed by atoms with Crippen LogP contribution in [0.4, 0.5) is 0 Å². The lowest BCUT2D eigenvalue weighted by Gasteiger charge is -2.22. The van der Waals surface area contributed by atoms with Gasteiger partial charge < -0.3 is 0 Å². The van der Waals surface area contributed by atoms with Crippen LogP contribution in [0.2, 0.25) is 0 Å². The van der Waals surface area contributed by atoms with Gasteiger partial charge in [0.1, 0.15) is 0 Å². The average Bonchev–Trinajstić information content (AvgIpc) is 2.12. The second-order valence-corrected chi connectivity index (χ2v) is 4.62. The molecule has 0 saturated carbocycles. The van der Waals surface area contributed by atoms with Gasteiger partial charge in [-0.15, -0.1) is 0 Å². The van der Waals surface area contributed by atoms with Crippen molar-refractivity contribution >= 4 is 0 Å². The van der Waals surface area contributed by atoms with E-state index in [9.17, 15) is 0 Å². The number of nitriles is 1. The van der Waals surface area contributed by atoms with Crippen LogP contribution in [0, 0.1) is 22.7 Å². The first-order valence-electron chi connectivity index (χ1n) is 5.47. The molecule has 0 rings (SSSR count). The van der Waals surface area contributed by atoms with Gasteiger partial charge in [-0.25, -0.2) is 0 Å². The van der Waals surface area contributed by atoms with Crippen molar-refractivity contribution in [3.8, 4) is 6.07 Å². The smallest absolute Gasteiger partial charge is 0.0684 e. The van der Waals surface area contributed by atoms with E-state index in [0.717, 1.165) is 12.3 Å². The van der Waals surface area contributed by atoms with E-state index < -0.39 is 0 Å². The molecule has 0 bridgehead atoms. The van der Waals surface area contributed by atoms with Crippen LogP contribution in [0.15, 0.2) is 0 Å². The molecule has 0 aromatic carbocycles. The van der Waals surface area contributed by atoms with E-state index in [-0.39, 0.29) is 5.41 Å². The third kappa shape index (κ3) is 5.69. The van der Waals surface area contributed by atoms with Gasteiger partial charge in [-0.2, -0.15) is 5.26 Å². The monoisotopic (exact) mass is 181 g/mol. The predicted octanol–water partition coefficient (Wildman–Crippen LogP) is 4.14. The van der Waals surface area contributed by atoms with Crippen LogP contribution in [0.25, 0.3) is 0 Å². The molecule has 0 unspecified atom stereocenters. The SMILES string of the molecule is CCCC[C@H](CC)CC(C)(C)C#N. The second kappa shape index (κ2) is 6.02. The summed E-state index contributed by atoms with van der Waals surface area (Å²) in [5, 5.41) is 8.91. The quantitative estimate of drug-likeness (QED) is 0.604. The first-order valence-corrected chi connectivity index (χ1v) is 5.47. The van der Waals surface area contributed by atoms with E-state index in [2.05, 4.69) is 19.9 Å². The summed E-state index contributed by atoms with van der Waals surface area (Å²) in [5.74, 6) is 0.745. The van der Waals surface area contributed by atoms with Gasteiger partial charge in [0.25, 0.3) is 0 Å². The zero-order chi connectivity index (χ0) is 10.3. The molecule has 0 fully saturated rings. The van der Waals surface area contributed by atoms with Gasteiger partial charge in [0, 0.05) is 0 Å². The summed E-state index contributed by atoms with van der Waals surface area (Å²) in [6, 6.07) is 2.38. The van der Waals surface area contributed by atoms with Crippen molar-refractivity contribution < 1.29 is 0 Å². The number of nitrogens with zero attached hydrogens (tertiary/aromatic N) is 1. The van der Waals surface area contributed by atoms with Gasteiger partial charge in [0.2, 0.25) is 0 Å². The Morgan fingerprint density at radius 2 is 1.92 bits per heavy atom. The van der Waals surface area contributed by atoms with E-state index in [0.29, 0.717) is 0 Å². The maximum Gasteiger partial charge on any atom is 0.0684 e. The topological polar surface area (TPSA) is 23.8 Å². The Bertz CT molecular complexity index is 164. The molecule has 1 heteroatoms. The number of hydrogen-bond donors (Lipinski definition) is 0. The highest BCUT2D eigenvalue weighted by Gasteiger charge is 2.21. The van der Waals surface area contributed by atoms with Crippen molar-refractivity contribution in [1.82, 2.24) is 0 Å². The first-order chi connectivity index (χ1) is 6.05. The van der Waals surface area contributed by atoms with E-state index in [1.54, 1.807) is 0 Å². The molecule has 1 nitrogen and oxygen atoms in total. The third-order valence-corrected chi connectivity index (χ3v) is 2.64. The van der Waals surface area contributed by atoms with Crippen LogP contribution in [0.5, 0.6) is 0 Å². The molecule has 1 atom stereocenters. The minimum absolute atomic E-state index is 0.131. The zero-order valence-electron chi connectivity index (χ0n) is 9.56. The number of unbranched alkanes of at least 4 members (excludes halogenated alkanes) is 1. The molecule has 0 heterocycles. The normalized spacial score (nSPS) is 13.8. The summed E-state index contributed by atoms with van der Waals surface area (Å²) >= 11 is 0. The first kappa shape index (κ1) is 12.5. The molecule has 0 spiro atoms. The summed E-state index contributed by atoms with van der Waals surface area (Å²) in [4.78, 5) is 0. The van der Waals surface area contributed by atoms with E-state index in [1.807, 2.05) is 13.8 Å². The minimum atomic E-state index is -0.131. The molecular formula is C12H23N. The molecule has 0 radical (unpaired) electrons. The zero-order valence-corrected chi connectivity index (χ0v) is 9.56. The highest BCUT2D eigenvalue weighted by atomic mass is 14.3. The molecule has 0 aliphatic heterocycles. The summed E-state index contributed by atoms with van der Waals surface area (Å²) < 4.78 is 0. The summed E-state index contributed by atoms with van der Waals surface area (Å²) in [7, 11) is 0. The molecule has 13 heavy (non-hydrogen) atoms. The van der Waals surface area contributed by atoms with Gasteiger partial charge in [0.05, 0.1) is 11.5 Å². The van der Waals surface area contributed by atoms with Gasteiger partial charge in [-0.3, -0.25) is 0 Å². The van der Waals surface area contributed by atoms with Crippen molar-refractivity contribution in [3.63, 3.8) is 0 Å². The molecule has 76 valence electrons. The Morgan fingerprint density at radius 1 is 1.31 bits per heavy atom. The van der Waals surface area contributed by atoms with Crippen LogP contribution >= 0.6 is 0 Å². The molecule has 0 aliphatic carbocycles. The predicted molar refractivity (Wildman–Crippen MR) is 57.3 cm³/mol. The molecule has 0 N–H and O–H groups in total. The van der Waals surface area contributed by atoms with E-state index in [1.165, 1.54) is 25.7 Å². The maximum atomic E-state index is 8.91. The molecule has 0 aromatic rings. The Hall–Kier alpha value is -0.510. The Labute approximate surface area is 83.1 Å². The largest absolute Gasteiger partial charge is 0.198 e. The van der Waals surface area contributed by atoms with Crippen molar-refractivity contribution in [3.05, 3.63) is 0 Å². The van der Waals surface area contributed by atoms with Gasteiger partial charge in [-0.05, 0) is 26.2 Å². The van der Waals surface area contributed by atoms with Gasteiger partial charge in [-0.1, -0.05) is 39.5 Å². The molecule has 0 saturated heterocycles.